The second kappa shape index (κ2) is 3.73. The van der Waals surface area contributed by atoms with Gasteiger partial charge in [0, 0.05) is 6.20 Å². The quantitative estimate of drug-likeness (QED) is 0.610. The zero-order valence-corrected chi connectivity index (χ0v) is 9.68. The molecule has 0 bridgehead atoms. The molecule has 1 aromatic carbocycles. The van der Waals surface area contributed by atoms with Crippen LogP contribution >= 0.6 is 0 Å². The van der Waals surface area contributed by atoms with Crippen molar-refractivity contribution in [2.45, 2.75) is 6.92 Å². The molecule has 0 spiro atoms. The Labute approximate surface area is 103 Å². The van der Waals surface area contributed by atoms with E-state index in [2.05, 4.69) is 15.0 Å². The number of hydrogen-bond donors (Lipinski definition) is 3. The topological polar surface area (TPSA) is 82.0 Å². The Morgan fingerprint density at radius 3 is 2.61 bits per heavy atom. The van der Waals surface area contributed by atoms with Gasteiger partial charge in [-0.3, -0.25) is 0 Å². The van der Waals surface area contributed by atoms with Crippen LogP contribution in [-0.2, 0) is 0 Å². The highest BCUT2D eigenvalue weighted by atomic mass is 16.3. The van der Waals surface area contributed by atoms with Crippen molar-refractivity contribution in [1.82, 2.24) is 15.0 Å². The van der Waals surface area contributed by atoms with Crippen LogP contribution in [0, 0.1) is 6.92 Å². The molecular weight excluding hydrogens is 230 g/mol. The van der Waals surface area contributed by atoms with Gasteiger partial charge < -0.3 is 15.2 Å². The first-order valence-corrected chi connectivity index (χ1v) is 5.49. The summed E-state index contributed by atoms with van der Waals surface area (Å²) >= 11 is 0. The predicted octanol–water partition coefficient (Wildman–Crippen LogP) is 2.34. The van der Waals surface area contributed by atoms with E-state index in [4.69, 9.17) is 0 Å². The van der Waals surface area contributed by atoms with E-state index in [1.165, 1.54) is 12.1 Å². The van der Waals surface area contributed by atoms with Crippen molar-refractivity contribution in [3.8, 4) is 22.9 Å². The molecule has 0 fully saturated rings. The fourth-order valence-electron chi connectivity index (χ4n) is 1.89. The number of aromatic amines is 1. The van der Waals surface area contributed by atoms with Gasteiger partial charge in [-0.2, -0.15) is 0 Å². The molecule has 5 nitrogen and oxygen atoms in total. The molecule has 0 saturated carbocycles. The van der Waals surface area contributed by atoms with Crippen LogP contribution in [0.25, 0.3) is 22.6 Å². The monoisotopic (exact) mass is 241 g/mol. The van der Waals surface area contributed by atoms with Crippen LogP contribution in [0.2, 0.25) is 0 Å². The first-order valence-electron chi connectivity index (χ1n) is 5.49. The molecule has 3 N–H and O–H groups in total. The molecule has 0 aliphatic heterocycles. The van der Waals surface area contributed by atoms with Gasteiger partial charge in [0.15, 0.2) is 5.65 Å². The van der Waals surface area contributed by atoms with Crippen molar-refractivity contribution < 1.29 is 10.2 Å². The number of aromatic hydroxyl groups is 2. The molecular formula is C13H11N3O2. The molecule has 0 unspecified atom stereocenters. The minimum Gasteiger partial charge on any atom is -0.507 e. The smallest absolute Gasteiger partial charge is 0.178 e. The average Bonchev–Trinajstić information content (AvgIpc) is 2.71. The molecule has 0 amide bonds. The summed E-state index contributed by atoms with van der Waals surface area (Å²) in [6.07, 6.45) is 1.72. The average molecular weight is 241 g/mol. The number of aromatic nitrogens is 3. The molecule has 2 heterocycles. The summed E-state index contributed by atoms with van der Waals surface area (Å²) in [5.41, 5.74) is 2.62. The van der Waals surface area contributed by atoms with E-state index >= 15 is 0 Å². The van der Waals surface area contributed by atoms with Crippen molar-refractivity contribution in [3.05, 3.63) is 36.0 Å². The van der Waals surface area contributed by atoms with Crippen LogP contribution in [-0.4, -0.2) is 25.2 Å². The van der Waals surface area contributed by atoms with Crippen molar-refractivity contribution in [3.63, 3.8) is 0 Å². The van der Waals surface area contributed by atoms with Gasteiger partial charge in [0.25, 0.3) is 0 Å². The van der Waals surface area contributed by atoms with Crippen molar-refractivity contribution >= 4 is 11.2 Å². The number of phenols is 2. The van der Waals surface area contributed by atoms with Crippen molar-refractivity contribution in [2.24, 2.45) is 0 Å². The van der Waals surface area contributed by atoms with E-state index in [0.717, 1.165) is 11.1 Å². The number of nitrogens with zero attached hydrogens (tertiary/aromatic N) is 2. The number of pyridine rings is 1. The third-order valence-electron chi connectivity index (χ3n) is 2.73. The van der Waals surface area contributed by atoms with E-state index in [0.29, 0.717) is 11.5 Å². The Morgan fingerprint density at radius 1 is 1.17 bits per heavy atom. The highest BCUT2D eigenvalue weighted by Gasteiger charge is 2.14. The first-order chi connectivity index (χ1) is 8.65. The zero-order chi connectivity index (χ0) is 12.7. The summed E-state index contributed by atoms with van der Waals surface area (Å²) in [6.45, 7) is 1.93. The van der Waals surface area contributed by atoms with Crippen LogP contribution in [0.3, 0.4) is 0 Å². The molecule has 0 radical (unpaired) electrons. The van der Waals surface area contributed by atoms with Gasteiger partial charge in [-0.25, -0.2) is 9.97 Å². The number of nitrogens with one attached hydrogen (secondary N) is 1. The maximum atomic E-state index is 9.78. The van der Waals surface area contributed by atoms with Gasteiger partial charge in [0.2, 0.25) is 0 Å². The number of H-pyrrole nitrogens is 1. The minimum absolute atomic E-state index is 0.0224. The maximum absolute atomic E-state index is 9.78. The number of phenolic OH excluding ortho intramolecular Hbond substituents is 2. The molecule has 0 aliphatic rings. The molecule has 0 saturated heterocycles. The normalized spacial score (nSPS) is 10.9. The molecule has 3 aromatic rings. The minimum atomic E-state index is -0.0224. The maximum Gasteiger partial charge on any atom is 0.178 e. The van der Waals surface area contributed by atoms with E-state index < -0.39 is 0 Å². The van der Waals surface area contributed by atoms with Gasteiger partial charge in [0.05, 0.1) is 5.52 Å². The first kappa shape index (κ1) is 10.6. The van der Waals surface area contributed by atoms with E-state index in [1.54, 1.807) is 12.3 Å². The highest BCUT2D eigenvalue weighted by Crippen LogP contribution is 2.35. The van der Waals surface area contributed by atoms with E-state index in [-0.39, 0.29) is 17.1 Å². The largest absolute Gasteiger partial charge is 0.507 e. The number of aryl methyl sites for hydroxylation is 1. The summed E-state index contributed by atoms with van der Waals surface area (Å²) in [5.74, 6) is 0.357. The number of fused-ring (bicyclic) bond motifs is 1. The van der Waals surface area contributed by atoms with Gasteiger partial charge in [-0.1, -0.05) is 6.07 Å². The summed E-state index contributed by atoms with van der Waals surface area (Å²) in [7, 11) is 0. The third-order valence-corrected chi connectivity index (χ3v) is 2.73. The third kappa shape index (κ3) is 1.57. The standard InChI is InChI=1S/C13H11N3O2/c1-7-5-8-12(14-6-7)16-13(15-8)11-9(17)3-2-4-10(11)18/h2-6,17-18H,1H3,(H,14,15,16). The van der Waals surface area contributed by atoms with E-state index in [9.17, 15) is 10.2 Å². The second-order valence-corrected chi connectivity index (χ2v) is 4.14. The highest BCUT2D eigenvalue weighted by molar-refractivity contribution is 5.80. The lowest BCUT2D eigenvalue weighted by atomic mass is 10.1. The summed E-state index contributed by atoms with van der Waals surface area (Å²) in [5, 5.41) is 19.6. The molecule has 3 rings (SSSR count). The van der Waals surface area contributed by atoms with Crippen molar-refractivity contribution in [1.29, 1.82) is 0 Å². The lowest BCUT2D eigenvalue weighted by molar-refractivity contribution is 0.453. The van der Waals surface area contributed by atoms with E-state index in [1.807, 2.05) is 13.0 Å². The number of rotatable bonds is 1. The summed E-state index contributed by atoms with van der Waals surface area (Å²) in [4.78, 5) is 11.5. The Bertz CT molecular complexity index is 714. The van der Waals surface area contributed by atoms with Gasteiger partial charge >= 0.3 is 0 Å². The van der Waals surface area contributed by atoms with Gasteiger partial charge in [-0.15, -0.1) is 0 Å². The molecule has 0 atom stereocenters. The molecule has 2 aromatic heterocycles. The lowest BCUT2D eigenvalue weighted by Crippen LogP contribution is -1.82. The number of imidazole rings is 1. The van der Waals surface area contributed by atoms with Crippen LogP contribution in [0.5, 0.6) is 11.5 Å². The molecule has 0 aliphatic carbocycles. The molecule has 18 heavy (non-hydrogen) atoms. The molecule has 5 heteroatoms. The Kier molecular flexibility index (Phi) is 2.19. The van der Waals surface area contributed by atoms with Crippen LogP contribution in [0.4, 0.5) is 0 Å². The zero-order valence-electron chi connectivity index (χ0n) is 9.68. The number of hydrogen-bond acceptors (Lipinski definition) is 4. The predicted molar refractivity (Wildman–Crippen MR) is 67.4 cm³/mol. The fourth-order valence-corrected chi connectivity index (χ4v) is 1.89. The fraction of sp³-hybridized carbons (Fsp3) is 0.0769. The van der Waals surface area contributed by atoms with Crippen LogP contribution in [0.1, 0.15) is 5.56 Å². The van der Waals surface area contributed by atoms with Crippen LogP contribution < -0.4 is 0 Å². The summed E-state index contributed by atoms with van der Waals surface area (Å²) in [6, 6.07) is 6.48. The van der Waals surface area contributed by atoms with Gasteiger partial charge in [-0.05, 0) is 30.7 Å². The summed E-state index contributed by atoms with van der Waals surface area (Å²) < 4.78 is 0. The SMILES string of the molecule is Cc1cnc2nc(-c3c(O)cccc3O)[nH]c2c1. The van der Waals surface area contributed by atoms with Gasteiger partial charge in [0.1, 0.15) is 22.9 Å². The second-order valence-electron chi connectivity index (χ2n) is 4.14. The molecule has 90 valence electrons. The Morgan fingerprint density at radius 2 is 1.89 bits per heavy atom. The Hall–Kier alpha value is -2.56. The lowest BCUT2D eigenvalue weighted by Gasteiger charge is -2.02. The number of benzene rings is 1. The Balaban J connectivity index is 2.26. The van der Waals surface area contributed by atoms with Crippen molar-refractivity contribution in [2.75, 3.05) is 0 Å². The van der Waals surface area contributed by atoms with Crippen LogP contribution in [0.15, 0.2) is 30.5 Å².